The van der Waals surface area contributed by atoms with E-state index in [0.717, 1.165) is 25.3 Å². The SMILES string of the molecule is CCc1ccc(CNC(=NC)NCC2CCS(=O)(=O)C2)s1. The predicted octanol–water partition coefficient (Wildman–Crippen LogP) is 1.41. The van der Waals surface area contributed by atoms with Crippen LogP contribution < -0.4 is 10.6 Å². The molecule has 1 aliphatic rings. The molecule has 0 radical (unpaired) electrons. The molecule has 1 unspecified atom stereocenters. The van der Waals surface area contributed by atoms with Crippen LogP contribution in [0.2, 0.25) is 0 Å². The molecule has 2 heterocycles. The Morgan fingerprint density at radius 3 is 2.71 bits per heavy atom. The number of aryl methyl sites for hydroxylation is 1. The van der Waals surface area contributed by atoms with Gasteiger partial charge in [-0.25, -0.2) is 8.42 Å². The molecule has 118 valence electrons. The van der Waals surface area contributed by atoms with E-state index < -0.39 is 9.84 Å². The summed E-state index contributed by atoms with van der Waals surface area (Å²) in [4.78, 5) is 6.83. The fourth-order valence-corrected chi connectivity index (χ4v) is 5.13. The highest BCUT2D eigenvalue weighted by Gasteiger charge is 2.27. The summed E-state index contributed by atoms with van der Waals surface area (Å²) in [7, 11) is -1.08. The molecule has 0 spiro atoms. The van der Waals surface area contributed by atoms with Crippen LogP contribution >= 0.6 is 11.3 Å². The van der Waals surface area contributed by atoms with Crippen molar-refractivity contribution < 1.29 is 8.42 Å². The highest BCUT2D eigenvalue weighted by Crippen LogP contribution is 2.18. The zero-order valence-electron chi connectivity index (χ0n) is 12.6. The van der Waals surface area contributed by atoms with Gasteiger partial charge in [0.25, 0.3) is 0 Å². The lowest BCUT2D eigenvalue weighted by atomic mass is 10.1. The average Bonchev–Trinajstić information content (AvgIpc) is 3.05. The molecule has 1 aliphatic heterocycles. The zero-order valence-corrected chi connectivity index (χ0v) is 14.2. The van der Waals surface area contributed by atoms with E-state index in [9.17, 15) is 8.42 Å². The molecule has 2 N–H and O–H groups in total. The van der Waals surface area contributed by atoms with Gasteiger partial charge in [0, 0.05) is 23.3 Å². The second kappa shape index (κ2) is 7.26. The number of hydrogen-bond donors (Lipinski definition) is 2. The number of nitrogens with zero attached hydrogens (tertiary/aromatic N) is 1. The number of thiophene rings is 1. The Morgan fingerprint density at radius 2 is 2.14 bits per heavy atom. The van der Waals surface area contributed by atoms with E-state index in [4.69, 9.17) is 0 Å². The normalized spacial score (nSPS) is 21.4. The van der Waals surface area contributed by atoms with Crippen LogP contribution in [-0.4, -0.2) is 39.5 Å². The van der Waals surface area contributed by atoms with Gasteiger partial charge < -0.3 is 10.6 Å². The predicted molar refractivity (Wildman–Crippen MR) is 88.7 cm³/mol. The zero-order chi connectivity index (χ0) is 15.3. The Kier molecular flexibility index (Phi) is 5.64. The second-order valence-electron chi connectivity index (χ2n) is 5.30. The topological polar surface area (TPSA) is 70.6 Å². The Labute approximate surface area is 130 Å². The summed E-state index contributed by atoms with van der Waals surface area (Å²) in [6.07, 6.45) is 1.81. The first-order valence-corrected chi connectivity index (χ1v) is 9.88. The lowest BCUT2D eigenvalue weighted by molar-refractivity contribution is 0.567. The van der Waals surface area contributed by atoms with Crippen LogP contribution in [0.15, 0.2) is 17.1 Å². The molecule has 1 fully saturated rings. The number of sulfone groups is 1. The fourth-order valence-electron chi connectivity index (χ4n) is 2.37. The Bertz CT molecular complexity index is 593. The first-order chi connectivity index (χ1) is 10.0. The Hall–Kier alpha value is -1.08. The third-order valence-electron chi connectivity index (χ3n) is 3.60. The van der Waals surface area contributed by atoms with Crippen LogP contribution in [0.5, 0.6) is 0 Å². The van der Waals surface area contributed by atoms with Crippen LogP contribution in [0, 0.1) is 5.92 Å². The molecule has 21 heavy (non-hydrogen) atoms. The molecule has 1 aromatic heterocycles. The molecule has 5 nitrogen and oxygen atoms in total. The van der Waals surface area contributed by atoms with Gasteiger partial charge in [0.1, 0.15) is 0 Å². The van der Waals surface area contributed by atoms with E-state index in [1.54, 1.807) is 18.4 Å². The van der Waals surface area contributed by atoms with Crippen molar-refractivity contribution in [3.05, 3.63) is 21.9 Å². The molecule has 7 heteroatoms. The standard InChI is InChI=1S/C14H23N3O2S2/c1-3-12-4-5-13(20-12)9-17-14(15-2)16-8-11-6-7-21(18,19)10-11/h4-5,11H,3,6-10H2,1-2H3,(H2,15,16,17). The summed E-state index contributed by atoms with van der Waals surface area (Å²) < 4.78 is 22.8. The van der Waals surface area contributed by atoms with Crippen LogP contribution in [0.1, 0.15) is 23.1 Å². The van der Waals surface area contributed by atoms with Gasteiger partial charge in [0.2, 0.25) is 0 Å². The number of aliphatic imine (C=N–C) groups is 1. The van der Waals surface area contributed by atoms with Gasteiger partial charge in [-0.15, -0.1) is 11.3 Å². The van der Waals surface area contributed by atoms with Crippen LogP contribution in [0.3, 0.4) is 0 Å². The molecule has 0 amide bonds. The molecular formula is C14H23N3O2S2. The first-order valence-electron chi connectivity index (χ1n) is 7.25. The van der Waals surface area contributed by atoms with Gasteiger partial charge in [-0.05, 0) is 30.9 Å². The number of guanidine groups is 1. The van der Waals surface area contributed by atoms with E-state index >= 15 is 0 Å². The smallest absolute Gasteiger partial charge is 0.191 e. The third kappa shape index (κ3) is 5.00. The average molecular weight is 329 g/mol. The third-order valence-corrected chi connectivity index (χ3v) is 6.67. The minimum absolute atomic E-state index is 0.196. The molecule has 1 saturated heterocycles. The first kappa shape index (κ1) is 16.3. The largest absolute Gasteiger partial charge is 0.356 e. The molecule has 1 aromatic rings. The van der Waals surface area contributed by atoms with Crippen molar-refractivity contribution in [2.75, 3.05) is 25.1 Å². The number of rotatable bonds is 5. The van der Waals surface area contributed by atoms with E-state index in [1.807, 2.05) is 0 Å². The highest BCUT2D eigenvalue weighted by molar-refractivity contribution is 7.91. The minimum Gasteiger partial charge on any atom is -0.356 e. The molecule has 1 atom stereocenters. The summed E-state index contributed by atoms with van der Waals surface area (Å²) >= 11 is 1.80. The summed E-state index contributed by atoms with van der Waals surface area (Å²) in [5, 5.41) is 6.49. The van der Waals surface area contributed by atoms with Crippen molar-refractivity contribution in [3.8, 4) is 0 Å². The molecule has 0 bridgehead atoms. The lowest BCUT2D eigenvalue weighted by Crippen LogP contribution is -2.39. The molecule has 0 saturated carbocycles. The van der Waals surface area contributed by atoms with Crippen LogP contribution in [0.4, 0.5) is 0 Å². The maximum atomic E-state index is 11.4. The van der Waals surface area contributed by atoms with Gasteiger partial charge in [-0.1, -0.05) is 6.92 Å². The highest BCUT2D eigenvalue weighted by atomic mass is 32.2. The van der Waals surface area contributed by atoms with Crippen molar-refractivity contribution in [2.24, 2.45) is 10.9 Å². The Morgan fingerprint density at radius 1 is 1.38 bits per heavy atom. The van der Waals surface area contributed by atoms with Gasteiger partial charge in [-0.2, -0.15) is 0 Å². The monoisotopic (exact) mass is 329 g/mol. The van der Waals surface area contributed by atoms with E-state index in [2.05, 4.69) is 34.7 Å². The molecule has 0 aromatic carbocycles. The molecule has 0 aliphatic carbocycles. The van der Waals surface area contributed by atoms with Crippen molar-refractivity contribution in [1.29, 1.82) is 0 Å². The maximum absolute atomic E-state index is 11.4. The molecular weight excluding hydrogens is 306 g/mol. The summed E-state index contributed by atoms with van der Waals surface area (Å²) in [5.74, 6) is 1.54. The van der Waals surface area contributed by atoms with E-state index in [0.29, 0.717) is 18.1 Å². The van der Waals surface area contributed by atoms with Gasteiger partial charge in [-0.3, -0.25) is 4.99 Å². The maximum Gasteiger partial charge on any atom is 0.191 e. The van der Waals surface area contributed by atoms with Gasteiger partial charge >= 0.3 is 0 Å². The summed E-state index contributed by atoms with van der Waals surface area (Å²) in [6, 6.07) is 4.29. The van der Waals surface area contributed by atoms with E-state index in [-0.39, 0.29) is 5.92 Å². The second-order valence-corrected chi connectivity index (χ2v) is 8.78. The van der Waals surface area contributed by atoms with Crippen molar-refractivity contribution in [3.63, 3.8) is 0 Å². The van der Waals surface area contributed by atoms with Crippen molar-refractivity contribution in [2.45, 2.75) is 26.3 Å². The quantitative estimate of drug-likeness (QED) is 0.633. The molecule has 2 rings (SSSR count). The van der Waals surface area contributed by atoms with Crippen LogP contribution in [-0.2, 0) is 22.8 Å². The minimum atomic E-state index is -2.80. The summed E-state index contributed by atoms with van der Waals surface area (Å²) in [5.41, 5.74) is 0. The fraction of sp³-hybridized carbons (Fsp3) is 0.643. The van der Waals surface area contributed by atoms with Gasteiger partial charge in [0.05, 0.1) is 18.1 Å². The van der Waals surface area contributed by atoms with Crippen LogP contribution in [0.25, 0.3) is 0 Å². The lowest BCUT2D eigenvalue weighted by Gasteiger charge is -2.14. The Balaban J connectivity index is 1.76. The van der Waals surface area contributed by atoms with E-state index in [1.165, 1.54) is 9.75 Å². The van der Waals surface area contributed by atoms with Crippen molar-refractivity contribution in [1.82, 2.24) is 10.6 Å². The van der Waals surface area contributed by atoms with Crippen molar-refractivity contribution >= 4 is 27.1 Å². The number of hydrogen-bond acceptors (Lipinski definition) is 4. The van der Waals surface area contributed by atoms with Gasteiger partial charge in [0.15, 0.2) is 15.8 Å². The summed E-state index contributed by atoms with van der Waals surface area (Å²) in [6.45, 7) is 3.55. The number of nitrogens with one attached hydrogen (secondary N) is 2.